The zero-order valence-electron chi connectivity index (χ0n) is 18.8. The number of ether oxygens (including phenoxy) is 1. The van der Waals surface area contributed by atoms with Crippen LogP contribution in [0.25, 0.3) is 11.1 Å². The van der Waals surface area contributed by atoms with Crippen LogP contribution < -0.4 is 4.90 Å². The number of nitrogens with zero attached hydrogens (tertiary/aromatic N) is 6. The van der Waals surface area contributed by atoms with Gasteiger partial charge < -0.3 is 14.5 Å². The molecule has 1 aliphatic heterocycles. The van der Waals surface area contributed by atoms with E-state index in [4.69, 9.17) is 9.72 Å². The lowest BCUT2D eigenvalue weighted by Crippen LogP contribution is -2.54. The molecule has 2 aromatic heterocycles. The first kappa shape index (κ1) is 21.3. The van der Waals surface area contributed by atoms with Crippen molar-refractivity contribution in [3.05, 3.63) is 29.2 Å². The van der Waals surface area contributed by atoms with E-state index >= 15 is 0 Å². The van der Waals surface area contributed by atoms with E-state index in [-0.39, 0.29) is 11.9 Å². The summed E-state index contributed by atoms with van der Waals surface area (Å²) >= 11 is 0. The van der Waals surface area contributed by atoms with Crippen molar-refractivity contribution in [3.8, 4) is 17.2 Å². The van der Waals surface area contributed by atoms with Gasteiger partial charge in [-0.2, -0.15) is 10.4 Å². The van der Waals surface area contributed by atoms with Gasteiger partial charge in [-0.3, -0.25) is 9.48 Å². The van der Waals surface area contributed by atoms with Crippen molar-refractivity contribution < 1.29 is 9.53 Å². The lowest BCUT2D eigenvalue weighted by molar-refractivity contribution is -0.134. The monoisotopic (exact) mass is 422 g/mol. The Kier molecular flexibility index (Phi) is 5.96. The zero-order valence-corrected chi connectivity index (χ0v) is 18.8. The van der Waals surface area contributed by atoms with E-state index in [0.717, 1.165) is 41.0 Å². The second-order valence-corrected chi connectivity index (χ2v) is 8.61. The quantitative estimate of drug-likeness (QED) is 0.711. The fourth-order valence-corrected chi connectivity index (χ4v) is 4.49. The van der Waals surface area contributed by atoms with Crippen molar-refractivity contribution in [2.24, 2.45) is 7.05 Å². The molecule has 8 heteroatoms. The minimum Gasteiger partial charge on any atom is -0.384 e. The molecule has 1 atom stereocenters. The van der Waals surface area contributed by atoms with Crippen LogP contribution in [0.3, 0.4) is 0 Å². The standard InChI is InChI=1S/C23H30N6O2/c1-15-13-28(8-9-29(15)20(30)7-10-31-4)23-19(11-24)16(2)21(18-12-25-27(3)14-18)22(26-23)17-5-6-17/h12,14-15,17H,5-10,13H2,1-4H3/t15-/m1/s1. The number of hydrogen-bond acceptors (Lipinski definition) is 6. The maximum absolute atomic E-state index is 12.5. The third kappa shape index (κ3) is 4.15. The number of aryl methyl sites for hydroxylation is 1. The van der Waals surface area contributed by atoms with Gasteiger partial charge in [-0.1, -0.05) is 0 Å². The summed E-state index contributed by atoms with van der Waals surface area (Å²) in [5.74, 6) is 1.31. The molecule has 1 saturated heterocycles. The Balaban J connectivity index is 1.67. The van der Waals surface area contributed by atoms with Crippen molar-refractivity contribution in [3.63, 3.8) is 0 Å². The van der Waals surface area contributed by atoms with Crippen molar-refractivity contribution in [2.45, 2.75) is 45.1 Å². The van der Waals surface area contributed by atoms with Crippen LogP contribution in [0.4, 0.5) is 5.82 Å². The lowest BCUT2D eigenvalue weighted by Gasteiger charge is -2.41. The molecule has 164 valence electrons. The van der Waals surface area contributed by atoms with E-state index < -0.39 is 0 Å². The summed E-state index contributed by atoms with van der Waals surface area (Å²) in [5, 5.41) is 14.4. The third-order valence-electron chi connectivity index (χ3n) is 6.29. The molecule has 0 bridgehead atoms. The van der Waals surface area contributed by atoms with Crippen LogP contribution in [-0.4, -0.2) is 65.0 Å². The SMILES string of the molecule is COCCC(=O)N1CCN(c2nc(C3CC3)c(-c3cnn(C)c3)c(C)c2C#N)C[C@H]1C. The molecule has 1 saturated carbocycles. The van der Waals surface area contributed by atoms with Gasteiger partial charge in [0.2, 0.25) is 5.91 Å². The molecule has 1 amide bonds. The molecule has 0 spiro atoms. The van der Waals surface area contributed by atoms with Crippen LogP contribution in [0.2, 0.25) is 0 Å². The highest BCUT2D eigenvalue weighted by atomic mass is 16.5. The molecule has 0 unspecified atom stereocenters. The van der Waals surface area contributed by atoms with Gasteiger partial charge in [0.25, 0.3) is 0 Å². The predicted molar refractivity (Wildman–Crippen MR) is 118 cm³/mol. The van der Waals surface area contributed by atoms with E-state index in [2.05, 4.69) is 23.0 Å². The fraction of sp³-hybridized carbons (Fsp3) is 0.565. The molecule has 31 heavy (non-hydrogen) atoms. The van der Waals surface area contributed by atoms with Crippen molar-refractivity contribution in [2.75, 3.05) is 38.3 Å². The average molecular weight is 423 g/mol. The van der Waals surface area contributed by atoms with Gasteiger partial charge in [-0.15, -0.1) is 0 Å². The first-order chi connectivity index (χ1) is 14.9. The maximum atomic E-state index is 12.5. The van der Waals surface area contributed by atoms with E-state index in [1.165, 1.54) is 0 Å². The average Bonchev–Trinajstić information content (AvgIpc) is 3.52. The fourth-order valence-electron chi connectivity index (χ4n) is 4.49. The number of carbonyl (C=O) groups is 1. The number of amides is 1. The number of carbonyl (C=O) groups excluding carboxylic acids is 1. The summed E-state index contributed by atoms with van der Waals surface area (Å²) < 4.78 is 6.84. The van der Waals surface area contributed by atoms with Crippen molar-refractivity contribution >= 4 is 11.7 Å². The molecular formula is C23H30N6O2. The van der Waals surface area contributed by atoms with Gasteiger partial charge in [0.05, 0.1) is 30.5 Å². The molecule has 2 aromatic rings. The Bertz CT molecular complexity index is 1020. The van der Waals surface area contributed by atoms with Crippen LogP contribution in [0, 0.1) is 18.3 Å². The minimum atomic E-state index is 0.0501. The van der Waals surface area contributed by atoms with E-state index in [1.54, 1.807) is 11.8 Å². The lowest BCUT2D eigenvalue weighted by atomic mass is 9.95. The number of rotatable bonds is 6. The zero-order chi connectivity index (χ0) is 22.1. The van der Waals surface area contributed by atoms with Gasteiger partial charge >= 0.3 is 0 Å². The number of anilines is 1. The minimum absolute atomic E-state index is 0.0501. The van der Waals surface area contributed by atoms with Gasteiger partial charge in [-0.05, 0) is 32.3 Å². The van der Waals surface area contributed by atoms with Gasteiger partial charge in [0.1, 0.15) is 11.9 Å². The highest BCUT2D eigenvalue weighted by molar-refractivity contribution is 5.78. The number of hydrogen-bond donors (Lipinski definition) is 0. The number of nitriles is 1. The normalized spacial score (nSPS) is 18.9. The second kappa shape index (κ2) is 8.67. The van der Waals surface area contributed by atoms with Crippen LogP contribution >= 0.6 is 0 Å². The Morgan fingerprint density at radius 1 is 1.35 bits per heavy atom. The number of aromatic nitrogens is 3. The first-order valence-corrected chi connectivity index (χ1v) is 10.9. The van der Waals surface area contributed by atoms with Crippen LogP contribution in [0.15, 0.2) is 12.4 Å². The number of methoxy groups -OCH3 is 1. The molecule has 8 nitrogen and oxygen atoms in total. The van der Waals surface area contributed by atoms with Crippen molar-refractivity contribution in [1.82, 2.24) is 19.7 Å². The molecule has 1 aliphatic carbocycles. The van der Waals surface area contributed by atoms with Crippen LogP contribution in [0.1, 0.15) is 48.9 Å². The third-order valence-corrected chi connectivity index (χ3v) is 6.29. The highest BCUT2D eigenvalue weighted by Gasteiger charge is 2.34. The predicted octanol–water partition coefficient (Wildman–Crippen LogP) is 2.61. The van der Waals surface area contributed by atoms with Crippen LogP contribution in [-0.2, 0) is 16.6 Å². The van der Waals surface area contributed by atoms with Gasteiger partial charge in [0, 0.05) is 63.1 Å². The number of piperazine rings is 1. The summed E-state index contributed by atoms with van der Waals surface area (Å²) in [4.78, 5) is 21.7. The molecule has 0 aromatic carbocycles. The molecule has 0 N–H and O–H groups in total. The van der Waals surface area contributed by atoms with Gasteiger partial charge in [-0.25, -0.2) is 4.98 Å². The second-order valence-electron chi connectivity index (χ2n) is 8.61. The summed E-state index contributed by atoms with van der Waals surface area (Å²) in [7, 11) is 3.51. The Labute approximate surface area is 183 Å². The number of pyridine rings is 1. The summed E-state index contributed by atoms with van der Waals surface area (Å²) in [6.07, 6.45) is 6.49. The molecule has 2 aliphatic rings. The van der Waals surface area contributed by atoms with Gasteiger partial charge in [0.15, 0.2) is 0 Å². The Hall–Kier alpha value is -2.92. The highest BCUT2D eigenvalue weighted by Crippen LogP contribution is 2.46. The van der Waals surface area contributed by atoms with Crippen LogP contribution in [0.5, 0.6) is 0 Å². The molecule has 4 rings (SSSR count). The first-order valence-electron chi connectivity index (χ1n) is 10.9. The van der Waals surface area contributed by atoms with E-state index in [0.29, 0.717) is 44.1 Å². The summed E-state index contributed by atoms with van der Waals surface area (Å²) in [5.41, 5.74) is 4.73. The summed E-state index contributed by atoms with van der Waals surface area (Å²) in [6, 6.07) is 2.46. The topological polar surface area (TPSA) is 87.3 Å². The molecule has 2 fully saturated rings. The Morgan fingerprint density at radius 3 is 2.71 bits per heavy atom. The molecular weight excluding hydrogens is 392 g/mol. The van der Waals surface area contributed by atoms with E-state index in [1.807, 2.05) is 31.3 Å². The summed E-state index contributed by atoms with van der Waals surface area (Å²) in [6.45, 7) is 6.47. The molecule has 0 radical (unpaired) electrons. The largest absolute Gasteiger partial charge is 0.384 e. The maximum Gasteiger partial charge on any atom is 0.225 e. The van der Waals surface area contributed by atoms with Crippen molar-refractivity contribution in [1.29, 1.82) is 5.26 Å². The smallest absolute Gasteiger partial charge is 0.225 e. The molecule has 3 heterocycles. The van der Waals surface area contributed by atoms with E-state index in [9.17, 15) is 10.1 Å². The Morgan fingerprint density at radius 2 is 2.13 bits per heavy atom.